The van der Waals surface area contributed by atoms with Crippen LogP contribution in [0.1, 0.15) is 27.2 Å². The molecule has 0 aliphatic carbocycles. The molecule has 1 aliphatic rings. The molecule has 0 bridgehead atoms. The standard InChI is InChI=1S/C24H22F2N2O4/c1-27(14-16-8-10-19(11-9-16)32-24(25)26)22(29)20-13-17-5-2-3-6-18(17)15-28(20)23(30)21-7-4-12-31-21/h2-12,20,24H,13-15H2,1H3. The molecule has 0 saturated carbocycles. The van der Waals surface area contributed by atoms with Gasteiger partial charge >= 0.3 is 6.61 Å². The van der Waals surface area contributed by atoms with E-state index in [0.29, 0.717) is 13.0 Å². The number of likely N-dealkylation sites (N-methyl/N-ethyl adjacent to an activating group) is 1. The highest BCUT2D eigenvalue weighted by Gasteiger charge is 2.37. The minimum Gasteiger partial charge on any atom is -0.459 e. The summed E-state index contributed by atoms with van der Waals surface area (Å²) >= 11 is 0. The van der Waals surface area contributed by atoms with Crippen molar-refractivity contribution in [3.05, 3.63) is 89.4 Å². The lowest BCUT2D eigenvalue weighted by molar-refractivity contribution is -0.135. The van der Waals surface area contributed by atoms with Crippen molar-refractivity contribution in [2.75, 3.05) is 7.05 Å². The van der Waals surface area contributed by atoms with Gasteiger partial charge in [0.25, 0.3) is 5.91 Å². The molecule has 4 rings (SSSR count). The van der Waals surface area contributed by atoms with E-state index in [9.17, 15) is 18.4 Å². The molecule has 8 heteroatoms. The van der Waals surface area contributed by atoms with Crippen LogP contribution in [0.4, 0.5) is 8.78 Å². The summed E-state index contributed by atoms with van der Waals surface area (Å²) in [6.45, 7) is -2.33. The van der Waals surface area contributed by atoms with Crippen molar-refractivity contribution in [2.24, 2.45) is 0 Å². The lowest BCUT2D eigenvalue weighted by atomic mass is 9.93. The van der Waals surface area contributed by atoms with Crippen molar-refractivity contribution in [2.45, 2.75) is 32.2 Å². The van der Waals surface area contributed by atoms with E-state index < -0.39 is 12.7 Å². The van der Waals surface area contributed by atoms with Crippen LogP contribution in [-0.2, 0) is 24.3 Å². The van der Waals surface area contributed by atoms with Crippen molar-refractivity contribution in [1.29, 1.82) is 0 Å². The molecule has 1 aromatic heterocycles. The Hall–Kier alpha value is -3.68. The second-order valence-corrected chi connectivity index (χ2v) is 7.62. The summed E-state index contributed by atoms with van der Waals surface area (Å²) in [7, 11) is 1.65. The van der Waals surface area contributed by atoms with Gasteiger partial charge in [-0.15, -0.1) is 0 Å². The Kier molecular flexibility index (Phi) is 6.20. The fraction of sp³-hybridized carbons (Fsp3) is 0.250. The monoisotopic (exact) mass is 440 g/mol. The molecule has 32 heavy (non-hydrogen) atoms. The molecule has 6 nitrogen and oxygen atoms in total. The molecule has 0 spiro atoms. The molecule has 1 atom stereocenters. The zero-order valence-electron chi connectivity index (χ0n) is 17.4. The van der Waals surface area contributed by atoms with E-state index in [-0.39, 0.29) is 29.9 Å². The number of fused-ring (bicyclic) bond motifs is 1. The number of carbonyl (C=O) groups excluding carboxylic acids is 2. The number of halogens is 2. The van der Waals surface area contributed by atoms with E-state index in [0.717, 1.165) is 16.7 Å². The SMILES string of the molecule is CN(Cc1ccc(OC(F)F)cc1)C(=O)C1Cc2ccccc2CN1C(=O)c1ccco1. The second-order valence-electron chi connectivity index (χ2n) is 7.62. The van der Waals surface area contributed by atoms with Crippen LogP contribution in [0.2, 0.25) is 0 Å². The normalized spacial score (nSPS) is 15.4. The minimum absolute atomic E-state index is 0.0526. The number of rotatable bonds is 6. The van der Waals surface area contributed by atoms with E-state index in [1.54, 1.807) is 36.2 Å². The number of hydrogen-bond donors (Lipinski definition) is 0. The van der Waals surface area contributed by atoms with Gasteiger partial charge < -0.3 is 19.0 Å². The lowest BCUT2D eigenvalue weighted by Crippen LogP contribution is -2.52. The van der Waals surface area contributed by atoms with E-state index >= 15 is 0 Å². The Morgan fingerprint density at radius 1 is 1.09 bits per heavy atom. The summed E-state index contributed by atoms with van der Waals surface area (Å²) in [5.74, 6) is -0.326. The van der Waals surface area contributed by atoms with Crippen LogP contribution in [-0.4, -0.2) is 41.3 Å². The summed E-state index contributed by atoms with van der Waals surface area (Å²) < 4.78 is 34.3. The highest BCUT2D eigenvalue weighted by atomic mass is 19.3. The number of carbonyl (C=O) groups is 2. The maximum atomic E-state index is 13.4. The molecule has 2 amide bonds. The maximum absolute atomic E-state index is 13.4. The third-order valence-electron chi connectivity index (χ3n) is 5.47. The lowest BCUT2D eigenvalue weighted by Gasteiger charge is -2.37. The number of furan rings is 1. The highest BCUT2D eigenvalue weighted by molar-refractivity contribution is 5.96. The fourth-order valence-electron chi connectivity index (χ4n) is 3.88. The van der Waals surface area contributed by atoms with Gasteiger partial charge in [0.2, 0.25) is 5.91 Å². The Morgan fingerprint density at radius 2 is 1.81 bits per heavy atom. The van der Waals surface area contributed by atoms with Crippen LogP contribution in [0.15, 0.2) is 71.3 Å². The zero-order valence-corrected chi connectivity index (χ0v) is 17.4. The molecule has 0 fully saturated rings. The van der Waals surface area contributed by atoms with Crippen LogP contribution < -0.4 is 4.74 Å². The number of benzene rings is 2. The summed E-state index contributed by atoms with van der Waals surface area (Å²) in [4.78, 5) is 29.5. The van der Waals surface area contributed by atoms with Gasteiger partial charge in [0.15, 0.2) is 5.76 Å². The number of nitrogens with zero attached hydrogens (tertiary/aromatic N) is 2. The molecule has 0 N–H and O–H groups in total. The first kappa shape index (κ1) is 21.5. The van der Waals surface area contributed by atoms with Crippen molar-refractivity contribution < 1.29 is 27.5 Å². The first-order valence-electron chi connectivity index (χ1n) is 10.1. The van der Waals surface area contributed by atoms with E-state index in [1.165, 1.54) is 23.3 Å². The molecule has 2 aromatic carbocycles. The topological polar surface area (TPSA) is 63.0 Å². The molecule has 0 radical (unpaired) electrons. The molecule has 1 unspecified atom stereocenters. The van der Waals surface area contributed by atoms with Gasteiger partial charge in [0.05, 0.1) is 6.26 Å². The highest BCUT2D eigenvalue weighted by Crippen LogP contribution is 2.27. The molecule has 2 heterocycles. The van der Waals surface area contributed by atoms with Gasteiger partial charge in [-0.25, -0.2) is 0 Å². The quantitative estimate of drug-likeness (QED) is 0.579. The van der Waals surface area contributed by atoms with Crippen LogP contribution in [0.5, 0.6) is 5.75 Å². The summed E-state index contributed by atoms with van der Waals surface area (Å²) in [5.41, 5.74) is 2.77. The van der Waals surface area contributed by atoms with Crippen molar-refractivity contribution in [3.8, 4) is 5.75 Å². The smallest absolute Gasteiger partial charge is 0.387 e. The summed E-state index contributed by atoms with van der Waals surface area (Å²) in [6, 6.07) is 16.4. The van der Waals surface area contributed by atoms with Crippen LogP contribution in [0.3, 0.4) is 0 Å². The Morgan fingerprint density at radius 3 is 2.47 bits per heavy atom. The minimum atomic E-state index is -2.89. The van der Waals surface area contributed by atoms with Gasteiger partial charge in [0, 0.05) is 26.6 Å². The maximum Gasteiger partial charge on any atom is 0.387 e. The van der Waals surface area contributed by atoms with Gasteiger partial charge in [0.1, 0.15) is 11.8 Å². The van der Waals surface area contributed by atoms with Gasteiger partial charge in [-0.05, 0) is 41.0 Å². The van der Waals surface area contributed by atoms with Gasteiger partial charge in [-0.3, -0.25) is 9.59 Å². The number of ether oxygens (including phenoxy) is 1. The van der Waals surface area contributed by atoms with Gasteiger partial charge in [-0.1, -0.05) is 36.4 Å². The van der Waals surface area contributed by atoms with E-state index in [2.05, 4.69) is 4.74 Å². The second kappa shape index (κ2) is 9.21. The predicted octanol–water partition coefficient (Wildman–Crippen LogP) is 4.11. The Balaban J connectivity index is 1.53. The average Bonchev–Trinajstić information content (AvgIpc) is 3.33. The predicted molar refractivity (Wildman–Crippen MR) is 112 cm³/mol. The molecule has 0 saturated heterocycles. The molecule has 166 valence electrons. The molecule has 1 aliphatic heterocycles. The van der Waals surface area contributed by atoms with Crippen LogP contribution in [0.25, 0.3) is 0 Å². The van der Waals surface area contributed by atoms with E-state index in [1.807, 2.05) is 24.3 Å². The third-order valence-corrected chi connectivity index (χ3v) is 5.47. The molecular formula is C24H22F2N2O4. The molecule has 3 aromatic rings. The average molecular weight is 440 g/mol. The first-order valence-corrected chi connectivity index (χ1v) is 10.1. The molecular weight excluding hydrogens is 418 g/mol. The van der Waals surface area contributed by atoms with Crippen molar-refractivity contribution >= 4 is 11.8 Å². The Bertz CT molecular complexity index is 1080. The van der Waals surface area contributed by atoms with E-state index in [4.69, 9.17) is 4.42 Å². The van der Waals surface area contributed by atoms with Crippen molar-refractivity contribution in [3.63, 3.8) is 0 Å². The Labute approximate surface area is 184 Å². The summed E-state index contributed by atoms with van der Waals surface area (Å²) in [5, 5.41) is 0. The fourth-order valence-corrected chi connectivity index (χ4v) is 3.88. The van der Waals surface area contributed by atoms with Crippen LogP contribution in [0, 0.1) is 0 Å². The van der Waals surface area contributed by atoms with Gasteiger partial charge in [-0.2, -0.15) is 8.78 Å². The summed E-state index contributed by atoms with van der Waals surface area (Å²) in [6.07, 6.45) is 1.82. The number of amides is 2. The number of alkyl halides is 2. The number of hydrogen-bond acceptors (Lipinski definition) is 4. The third kappa shape index (κ3) is 4.64. The van der Waals surface area contributed by atoms with Crippen LogP contribution >= 0.6 is 0 Å². The first-order chi connectivity index (χ1) is 15.4. The van der Waals surface area contributed by atoms with Crippen molar-refractivity contribution in [1.82, 2.24) is 9.80 Å². The zero-order chi connectivity index (χ0) is 22.7. The largest absolute Gasteiger partial charge is 0.459 e.